The second-order valence-electron chi connectivity index (χ2n) is 5.20. The molecule has 0 aliphatic carbocycles. The summed E-state index contributed by atoms with van der Waals surface area (Å²) in [6, 6.07) is 9.35. The maximum Gasteiger partial charge on any atom is 0.0346 e. The molecule has 2 heterocycles. The highest BCUT2D eigenvalue weighted by molar-refractivity contribution is 7.17. The molecule has 0 saturated carbocycles. The van der Waals surface area contributed by atoms with Gasteiger partial charge in [-0.2, -0.15) is 0 Å². The number of benzene rings is 1. The topological polar surface area (TPSA) is 15.3 Å². The molecule has 2 nitrogen and oxygen atoms in total. The Hall–Kier alpha value is -0.900. The summed E-state index contributed by atoms with van der Waals surface area (Å²) in [7, 11) is 0. The van der Waals surface area contributed by atoms with Crippen LogP contribution in [-0.4, -0.2) is 30.6 Å². The lowest BCUT2D eigenvalue weighted by atomic mass is 10.1. The maximum absolute atomic E-state index is 3.55. The summed E-state index contributed by atoms with van der Waals surface area (Å²) >= 11 is 1.87. The van der Waals surface area contributed by atoms with Crippen molar-refractivity contribution in [3.63, 3.8) is 0 Å². The van der Waals surface area contributed by atoms with Crippen LogP contribution in [0.4, 0.5) is 0 Å². The van der Waals surface area contributed by atoms with Crippen LogP contribution >= 0.6 is 11.3 Å². The fraction of sp³-hybridized carbons (Fsp3) is 0.467. The molecule has 1 fully saturated rings. The largest absolute Gasteiger partial charge is 0.313 e. The predicted molar refractivity (Wildman–Crippen MR) is 79.2 cm³/mol. The van der Waals surface area contributed by atoms with E-state index >= 15 is 0 Å². The zero-order valence-corrected chi connectivity index (χ0v) is 11.7. The first kappa shape index (κ1) is 12.2. The lowest BCUT2D eigenvalue weighted by Crippen LogP contribution is -2.34. The Labute approximate surface area is 113 Å². The Bertz CT molecular complexity index is 520. The molecule has 1 N–H and O–H groups in total. The van der Waals surface area contributed by atoms with E-state index in [0.717, 1.165) is 19.6 Å². The van der Waals surface area contributed by atoms with Crippen molar-refractivity contribution in [3.8, 4) is 0 Å². The third-order valence-corrected chi connectivity index (χ3v) is 4.64. The lowest BCUT2D eigenvalue weighted by molar-refractivity contribution is 0.266. The second kappa shape index (κ2) is 5.39. The minimum atomic E-state index is 0.609. The van der Waals surface area contributed by atoms with Crippen LogP contribution in [0.25, 0.3) is 10.1 Å². The van der Waals surface area contributed by atoms with Crippen molar-refractivity contribution in [2.75, 3.05) is 19.6 Å². The van der Waals surface area contributed by atoms with Crippen molar-refractivity contribution in [3.05, 3.63) is 35.2 Å². The van der Waals surface area contributed by atoms with E-state index in [4.69, 9.17) is 0 Å². The summed E-state index contributed by atoms with van der Waals surface area (Å²) in [5.41, 5.74) is 1.49. The number of hydrogen-bond acceptors (Lipinski definition) is 3. The normalized spacial score (nSPS) is 22.2. The SMILES string of the molecule is CC1CN(Cc2csc3ccccc23)CCCN1. The van der Waals surface area contributed by atoms with Crippen molar-refractivity contribution in [1.29, 1.82) is 0 Å². The van der Waals surface area contributed by atoms with Crippen molar-refractivity contribution < 1.29 is 0 Å². The van der Waals surface area contributed by atoms with E-state index in [2.05, 4.69) is 46.8 Å². The molecule has 0 bridgehead atoms. The lowest BCUT2D eigenvalue weighted by Gasteiger charge is -2.21. The molecule has 1 aromatic heterocycles. The van der Waals surface area contributed by atoms with Crippen LogP contribution in [0.1, 0.15) is 18.9 Å². The molecule has 0 amide bonds. The van der Waals surface area contributed by atoms with E-state index in [9.17, 15) is 0 Å². The molecule has 18 heavy (non-hydrogen) atoms. The molecule has 1 aliphatic heterocycles. The molecule has 2 aromatic rings. The first-order chi connectivity index (χ1) is 8.83. The van der Waals surface area contributed by atoms with E-state index < -0.39 is 0 Å². The monoisotopic (exact) mass is 260 g/mol. The van der Waals surface area contributed by atoms with Gasteiger partial charge in [0.25, 0.3) is 0 Å². The molecule has 1 aliphatic rings. The summed E-state index contributed by atoms with van der Waals surface area (Å²) in [6.45, 7) is 6.90. The highest BCUT2D eigenvalue weighted by Crippen LogP contribution is 2.26. The molecule has 96 valence electrons. The Morgan fingerprint density at radius 3 is 3.22 bits per heavy atom. The molecule has 3 rings (SSSR count). The third-order valence-electron chi connectivity index (χ3n) is 3.63. The van der Waals surface area contributed by atoms with Crippen LogP contribution in [0.5, 0.6) is 0 Å². The number of nitrogens with zero attached hydrogens (tertiary/aromatic N) is 1. The average molecular weight is 260 g/mol. The number of fused-ring (bicyclic) bond motifs is 1. The van der Waals surface area contributed by atoms with Crippen LogP contribution in [0.2, 0.25) is 0 Å². The molecular weight excluding hydrogens is 240 g/mol. The minimum absolute atomic E-state index is 0.609. The fourth-order valence-electron chi connectivity index (χ4n) is 2.73. The van der Waals surface area contributed by atoms with Gasteiger partial charge < -0.3 is 5.32 Å². The van der Waals surface area contributed by atoms with Gasteiger partial charge in [-0.15, -0.1) is 11.3 Å². The van der Waals surface area contributed by atoms with E-state index in [1.807, 2.05) is 11.3 Å². The molecule has 1 unspecified atom stereocenters. The number of rotatable bonds is 2. The summed E-state index contributed by atoms with van der Waals surface area (Å²) in [6.07, 6.45) is 1.26. The molecule has 0 spiro atoms. The molecule has 3 heteroatoms. The Morgan fingerprint density at radius 2 is 2.28 bits per heavy atom. The molecule has 1 atom stereocenters. The van der Waals surface area contributed by atoms with Crippen molar-refractivity contribution >= 4 is 21.4 Å². The number of hydrogen-bond donors (Lipinski definition) is 1. The minimum Gasteiger partial charge on any atom is -0.313 e. The molecular formula is C15H20N2S. The van der Waals surface area contributed by atoms with Gasteiger partial charge in [-0.25, -0.2) is 0 Å². The third kappa shape index (κ3) is 2.58. The van der Waals surface area contributed by atoms with Gasteiger partial charge >= 0.3 is 0 Å². The van der Waals surface area contributed by atoms with E-state index in [1.54, 1.807) is 0 Å². The van der Waals surface area contributed by atoms with E-state index in [1.165, 1.54) is 28.6 Å². The molecule has 0 radical (unpaired) electrons. The van der Waals surface area contributed by atoms with Crippen LogP contribution < -0.4 is 5.32 Å². The van der Waals surface area contributed by atoms with Crippen LogP contribution in [0.3, 0.4) is 0 Å². The standard InChI is InChI=1S/C15H20N2S/c1-12-9-17(8-4-7-16-12)10-13-11-18-15-6-3-2-5-14(13)15/h2-3,5-6,11-12,16H,4,7-10H2,1H3. The van der Waals surface area contributed by atoms with Gasteiger partial charge in [0.2, 0.25) is 0 Å². The van der Waals surface area contributed by atoms with Crippen LogP contribution in [0.15, 0.2) is 29.6 Å². The first-order valence-electron chi connectivity index (χ1n) is 6.74. The molecule has 1 saturated heterocycles. The van der Waals surface area contributed by atoms with Crippen molar-refractivity contribution in [1.82, 2.24) is 10.2 Å². The van der Waals surface area contributed by atoms with E-state index in [-0.39, 0.29) is 0 Å². The molecule has 1 aromatic carbocycles. The Kier molecular flexibility index (Phi) is 3.64. The van der Waals surface area contributed by atoms with Crippen molar-refractivity contribution in [2.24, 2.45) is 0 Å². The maximum atomic E-state index is 3.55. The van der Waals surface area contributed by atoms with Gasteiger partial charge in [0.15, 0.2) is 0 Å². The zero-order valence-electron chi connectivity index (χ0n) is 10.9. The second-order valence-corrected chi connectivity index (χ2v) is 6.11. The van der Waals surface area contributed by atoms with Gasteiger partial charge in [0.1, 0.15) is 0 Å². The quantitative estimate of drug-likeness (QED) is 0.892. The summed E-state index contributed by atoms with van der Waals surface area (Å²) in [5.74, 6) is 0. The van der Waals surface area contributed by atoms with Gasteiger partial charge in [-0.1, -0.05) is 18.2 Å². The zero-order chi connectivity index (χ0) is 12.4. The summed E-state index contributed by atoms with van der Waals surface area (Å²) < 4.78 is 1.41. The average Bonchev–Trinajstić information content (AvgIpc) is 2.66. The highest BCUT2D eigenvalue weighted by Gasteiger charge is 2.15. The fourth-order valence-corrected chi connectivity index (χ4v) is 3.69. The van der Waals surface area contributed by atoms with E-state index in [0.29, 0.717) is 6.04 Å². The Morgan fingerprint density at radius 1 is 1.39 bits per heavy atom. The van der Waals surface area contributed by atoms with Gasteiger partial charge in [-0.05, 0) is 48.8 Å². The Balaban J connectivity index is 1.79. The highest BCUT2D eigenvalue weighted by atomic mass is 32.1. The summed E-state index contributed by atoms with van der Waals surface area (Å²) in [4.78, 5) is 2.58. The smallest absolute Gasteiger partial charge is 0.0346 e. The first-order valence-corrected chi connectivity index (χ1v) is 7.62. The van der Waals surface area contributed by atoms with Crippen molar-refractivity contribution in [2.45, 2.75) is 25.9 Å². The number of thiophene rings is 1. The summed E-state index contributed by atoms with van der Waals surface area (Å²) in [5, 5.41) is 7.32. The predicted octanol–water partition coefficient (Wildman–Crippen LogP) is 3.09. The van der Waals surface area contributed by atoms with Gasteiger partial charge in [-0.3, -0.25) is 4.90 Å². The number of nitrogens with one attached hydrogen (secondary N) is 1. The van der Waals surface area contributed by atoms with Gasteiger partial charge in [0, 0.05) is 23.8 Å². The van der Waals surface area contributed by atoms with Crippen LogP contribution in [0, 0.1) is 0 Å². The van der Waals surface area contributed by atoms with Crippen LogP contribution in [-0.2, 0) is 6.54 Å². The van der Waals surface area contributed by atoms with Gasteiger partial charge in [0.05, 0.1) is 0 Å².